The Morgan fingerprint density at radius 1 is 1.16 bits per heavy atom. The second-order valence-electron chi connectivity index (χ2n) is 8.03. The van der Waals surface area contributed by atoms with Crippen molar-refractivity contribution in [2.75, 3.05) is 11.9 Å². The molecule has 0 fully saturated rings. The van der Waals surface area contributed by atoms with Crippen molar-refractivity contribution in [3.63, 3.8) is 0 Å². The number of hydrogen-bond donors (Lipinski definition) is 1. The number of urea groups is 1. The van der Waals surface area contributed by atoms with Crippen molar-refractivity contribution < 1.29 is 4.79 Å². The Kier molecular flexibility index (Phi) is 7.33. The number of nitrogens with zero attached hydrogens (tertiary/aromatic N) is 3. The van der Waals surface area contributed by atoms with Gasteiger partial charge in [0.25, 0.3) is 5.56 Å². The highest BCUT2D eigenvalue weighted by molar-refractivity contribution is 6.30. The lowest BCUT2D eigenvalue weighted by Gasteiger charge is -2.31. The monoisotopic (exact) mass is 440 g/mol. The van der Waals surface area contributed by atoms with E-state index in [0.29, 0.717) is 46.4 Å². The van der Waals surface area contributed by atoms with E-state index in [2.05, 4.69) is 19.2 Å². The van der Waals surface area contributed by atoms with E-state index in [1.807, 2.05) is 32.0 Å². The highest BCUT2D eigenvalue weighted by Crippen LogP contribution is 2.23. The molecule has 7 heteroatoms. The molecule has 0 aliphatic rings. The number of nitrogens with one attached hydrogen (secondary N) is 1. The Labute approximate surface area is 187 Å². The first-order chi connectivity index (χ1) is 14.8. The lowest BCUT2D eigenvalue weighted by atomic mass is 10.1. The van der Waals surface area contributed by atoms with Gasteiger partial charge in [-0.1, -0.05) is 43.6 Å². The quantitative estimate of drug-likeness (QED) is 0.511. The predicted molar refractivity (Wildman–Crippen MR) is 127 cm³/mol. The van der Waals surface area contributed by atoms with E-state index in [4.69, 9.17) is 16.6 Å². The number of para-hydroxylation sites is 1. The van der Waals surface area contributed by atoms with Gasteiger partial charge in [0.2, 0.25) is 0 Å². The second kappa shape index (κ2) is 9.96. The standard InChI is InChI=1S/C24H29ClN4O2/c1-5-28-22(27-21-12-7-6-11-20(21)23(28)30)17(4)29(14-13-16(2)3)24(31)26-19-10-8-9-18(25)15-19/h6-12,15-17H,5,13-14H2,1-4H3,(H,26,31). The number of carbonyl (C=O) groups excluding carboxylic acids is 1. The molecule has 1 heterocycles. The van der Waals surface area contributed by atoms with Crippen LogP contribution in [0.15, 0.2) is 53.3 Å². The van der Waals surface area contributed by atoms with E-state index >= 15 is 0 Å². The normalized spacial score (nSPS) is 12.2. The highest BCUT2D eigenvalue weighted by Gasteiger charge is 2.26. The van der Waals surface area contributed by atoms with Crippen molar-refractivity contribution in [3.05, 3.63) is 69.7 Å². The third-order valence-corrected chi connectivity index (χ3v) is 5.57. The molecule has 0 saturated carbocycles. The molecule has 0 saturated heterocycles. The van der Waals surface area contributed by atoms with Crippen LogP contribution < -0.4 is 10.9 Å². The Morgan fingerprint density at radius 2 is 1.90 bits per heavy atom. The van der Waals surface area contributed by atoms with Crippen LogP contribution >= 0.6 is 11.6 Å². The zero-order valence-corrected chi connectivity index (χ0v) is 19.2. The van der Waals surface area contributed by atoms with Crippen LogP contribution in [0.3, 0.4) is 0 Å². The van der Waals surface area contributed by atoms with Crippen LogP contribution in [0, 0.1) is 5.92 Å². The number of hydrogen-bond acceptors (Lipinski definition) is 3. The fraction of sp³-hybridized carbons (Fsp3) is 0.375. The summed E-state index contributed by atoms with van der Waals surface area (Å²) in [6.45, 7) is 9.09. The first-order valence-electron chi connectivity index (χ1n) is 10.6. The minimum atomic E-state index is -0.393. The van der Waals surface area contributed by atoms with Gasteiger partial charge in [-0.05, 0) is 56.5 Å². The molecule has 31 heavy (non-hydrogen) atoms. The van der Waals surface area contributed by atoms with E-state index in [-0.39, 0.29) is 11.6 Å². The summed E-state index contributed by atoms with van der Waals surface area (Å²) in [5.74, 6) is 1.00. The minimum Gasteiger partial charge on any atom is -0.315 e. The van der Waals surface area contributed by atoms with Crippen molar-refractivity contribution >= 4 is 34.2 Å². The summed E-state index contributed by atoms with van der Waals surface area (Å²) in [5, 5.41) is 4.07. The SMILES string of the molecule is CCn1c(C(C)N(CCC(C)C)C(=O)Nc2cccc(Cl)c2)nc2ccccc2c1=O. The number of fused-ring (bicyclic) bond motifs is 1. The van der Waals surface area contributed by atoms with Crippen molar-refractivity contribution in [2.45, 2.75) is 46.7 Å². The van der Waals surface area contributed by atoms with Gasteiger partial charge >= 0.3 is 6.03 Å². The zero-order chi connectivity index (χ0) is 22.5. The molecule has 6 nitrogen and oxygen atoms in total. The van der Waals surface area contributed by atoms with Crippen LogP contribution in [-0.4, -0.2) is 27.0 Å². The fourth-order valence-electron chi connectivity index (χ4n) is 3.58. The molecule has 3 aromatic rings. The van der Waals surface area contributed by atoms with Crippen LogP contribution in [0.1, 0.15) is 46.0 Å². The van der Waals surface area contributed by atoms with Crippen molar-refractivity contribution in [1.29, 1.82) is 0 Å². The van der Waals surface area contributed by atoms with E-state index in [0.717, 1.165) is 6.42 Å². The third kappa shape index (κ3) is 5.25. The van der Waals surface area contributed by atoms with Gasteiger partial charge in [-0.15, -0.1) is 0 Å². The smallest absolute Gasteiger partial charge is 0.315 e. The first kappa shape index (κ1) is 22.8. The average molecular weight is 441 g/mol. The summed E-state index contributed by atoms with van der Waals surface area (Å²) in [4.78, 5) is 32.8. The van der Waals surface area contributed by atoms with Crippen LogP contribution in [-0.2, 0) is 6.54 Å². The maximum Gasteiger partial charge on any atom is 0.322 e. The molecule has 0 radical (unpaired) electrons. The number of amides is 2. The van der Waals surface area contributed by atoms with Crippen molar-refractivity contribution in [1.82, 2.24) is 14.5 Å². The first-order valence-corrected chi connectivity index (χ1v) is 11.0. The maximum atomic E-state index is 13.3. The number of aromatic nitrogens is 2. The fourth-order valence-corrected chi connectivity index (χ4v) is 3.77. The predicted octanol–water partition coefficient (Wildman–Crippen LogP) is 5.71. The lowest BCUT2D eigenvalue weighted by molar-refractivity contribution is 0.184. The van der Waals surface area contributed by atoms with Gasteiger partial charge in [-0.2, -0.15) is 0 Å². The summed E-state index contributed by atoms with van der Waals surface area (Å²) in [5.41, 5.74) is 1.17. The molecule has 1 atom stereocenters. The van der Waals surface area contributed by atoms with Crippen LogP contribution in [0.5, 0.6) is 0 Å². The van der Waals surface area contributed by atoms with Crippen LogP contribution in [0.4, 0.5) is 10.5 Å². The summed E-state index contributed by atoms with van der Waals surface area (Å²) >= 11 is 6.07. The molecule has 0 aliphatic heterocycles. The van der Waals surface area contributed by atoms with Gasteiger partial charge in [0.15, 0.2) is 0 Å². The lowest BCUT2D eigenvalue weighted by Crippen LogP contribution is -2.41. The number of rotatable bonds is 7. The van der Waals surface area contributed by atoms with Crippen LogP contribution in [0.25, 0.3) is 10.9 Å². The van der Waals surface area contributed by atoms with E-state index < -0.39 is 6.04 Å². The average Bonchev–Trinajstić information content (AvgIpc) is 2.73. The second-order valence-corrected chi connectivity index (χ2v) is 8.47. The Balaban J connectivity index is 2.00. The Bertz CT molecular complexity index is 1130. The molecule has 164 valence electrons. The zero-order valence-electron chi connectivity index (χ0n) is 18.4. The molecule has 0 bridgehead atoms. The van der Waals surface area contributed by atoms with Gasteiger partial charge < -0.3 is 10.2 Å². The topological polar surface area (TPSA) is 67.2 Å². The van der Waals surface area contributed by atoms with Gasteiger partial charge in [0.05, 0.1) is 16.9 Å². The van der Waals surface area contributed by atoms with Crippen LogP contribution in [0.2, 0.25) is 5.02 Å². The van der Waals surface area contributed by atoms with Crippen molar-refractivity contribution in [3.8, 4) is 0 Å². The number of anilines is 1. The van der Waals surface area contributed by atoms with Gasteiger partial charge in [-0.25, -0.2) is 9.78 Å². The summed E-state index contributed by atoms with van der Waals surface area (Å²) in [7, 11) is 0. The molecular formula is C24H29ClN4O2. The number of halogens is 1. The van der Waals surface area contributed by atoms with E-state index in [1.54, 1.807) is 39.8 Å². The summed E-state index contributed by atoms with van der Waals surface area (Å²) in [6.07, 6.45) is 0.831. The highest BCUT2D eigenvalue weighted by atomic mass is 35.5. The summed E-state index contributed by atoms with van der Waals surface area (Å²) in [6, 6.07) is 13.7. The molecular weight excluding hydrogens is 412 g/mol. The molecule has 0 aliphatic carbocycles. The molecule has 2 amide bonds. The third-order valence-electron chi connectivity index (χ3n) is 5.33. The molecule has 3 rings (SSSR count). The van der Waals surface area contributed by atoms with Gasteiger partial charge in [-0.3, -0.25) is 9.36 Å². The van der Waals surface area contributed by atoms with Gasteiger partial charge in [0.1, 0.15) is 5.82 Å². The molecule has 1 unspecified atom stereocenters. The molecule has 2 aromatic carbocycles. The Morgan fingerprint density at radius 3 is 2.58 bits per heavy atom. The van der Waals surface area contributed by atoms with E-state index in [9.17, 15) is 9.59 Å². The minimum absolute atomic E-state index is 0.0889. The van der Waals surface area contributed by atoms with E-state index in [1.165, 1.54) is 0 Å². The van der Waals surface area contributed by atoms with Crippen molar-refractivity contribution in [2.24, 2.45) is 5.92 Å². The molecule has 1 aromatic heterocycles. The largest absolute Gasteiger partial charge is 0.322 e. The molecule has 0 spiro atoms. The molecule has 1 N–H and O–H groups in total. The van der Waals surface area contributed by atoms with Gasteiger partial charge in [0, 0.05) is 23.8 Å². The summed E-state index contributed by atoms with van der Waals surface area (Å²) < 4.78 is 1.65. The number of benzene rings is 2. The Hall–Kier alpha value is -2.86. The maximum absolute atomic E-state index is 13.3. The number of carbonyl (C=O) groups is 1.